The fourth-order valence-corrected chi connectivity index (χ4v) is 2.86. The summed E-state index contributed by atoms with van der Waals surface area (Å²) >= 11 is 0. The molecule has 0 unspecified atom stereocenters. The van der Waals surface area contributed by atoms with Crippen molar-refractivity contribution in [1.29, 1.82) is 0 Å². The van der Waals surface area contributed by atoms with Crippen LogP contribution in [-0.4, -0.2) is 20.2 Å². The molecular formula is C11H14N2O2S. The number of nitrogen functional groups attached to an aromatic ring is 1. The molecule has 0 saturated heterocycles. The summed E-state index contributed by atoms with van der Waals surface area (Å²) in [6, 6.07) is 7.43. The molecule has 0 amide bonds. The monoisotopic (exact) mass is 238 g/mol. The van der Waals surface area contributed by atoms with Crippen molar-refractivity contribution in [3.05, 3.63) is 41.3 Å². The van der Waals surface area contributed by atoms with Crippen LogP contribution in [0.2, 0.25) is 0 Å². The van der Waals surface area contributed by atoms with Gasteiger partial charge in [-0.25, -0.2) is 8.42 Å². The molecule has 1 heterocycles. The first-order valence-corrected chi connectivity index (χ1v) is 6.75. The highest BCUT2D eigenvalue weighted by Gasteiger charge is 2.20. The van der Waals surface area contributed by atoms with E-state index in [1.54, 1.807) is 6.08 Å². The average molecular weight is 238 g/mol. The van der Waals surface area contributed by atoms with Gasteiger partial charge in [-0.05, 0) is 17.7 Å². The van der Waals surface area contributed by atoms with E-state index in [4.69, 9.17) is 5.73 Å². The molecule has 0 fully saturated rings. The Bertz CT molecular complexity index is 491. The van der Waals surface area contributed by atoms with E-state index in [1.807, 2.05) is 24.3 Å². The number of hydrogen-bond acceptors (Lipinski definition) is 4. The van der Waals surface area contributed by atoms with Gasteiger partial charge < -0.3 is 11.1 Å². The quantitative estimate of drug-likeness (QED) is 0.759. The average Bonchev–Trinajstić information content (AvgIpc) is 2.58. The first kappa shape index (κ1) is 11.2. The van der Waals surface area contributed by atoms with E-state index in [1.165, 1.54) is 5.41 Å². The summed E-state index contributed by atoms with van der Waals surface area (Å²) in [6.45, 7) is 0.644. The predicted molar refractivity (Wildman–Crippen MR) is 64.4 cm³/mol. The topological polar surface area (TPSA) is 72.2 Å². The maximum atomic E-state index is 11.2. The van der Waals surface area contributed by atoms with Crippen molar-refractivity contribution in [1.82, 2.24) is 5.32 Å². The molecule has 1 aliphatic rings. The van der Waals surface area contributed by atoms with Crippen molar-refractivity contribution in [3.8, 4) is 0 Å². The Kier molecular flexibility index (Phi) is 2.98. The van der Waals surface area contributed by atoms with Crippen molar-refractivity contribution in [2.45, 2.75) is 12.6 Å². The number of benzene rings is 1. The van der Waals surface area contributed by atoms with Crippen molar-refractivity contribution in [2.24, 2.45) is 0 Å². The molecule has 1 aliphatic heterocycles. The van der Waals surface area contributed by atoms with Crippen LogP contribution in [-0.2, 0) is 16.4 Å². The lowest BCUT2D eigenvalue weighted by Crippen LogP contribution is -2.29. The Balaban J connectivity index is 1.89. The zero-order chi connectivity index (χ0) is 11.6. The number of nitrogens with one attached hydrogen (secondary N) is 1. The van der Waals surface area contributed by atoms with Gasteiger partial charge >= 0.3 is 0 Å². The number of hydrogen-bond donors (Lipinski definition) is 2. The minimum Gasteiger partial charge on any atom is -0.399 e. The van der Waals surface area contributed by atoms with Crippen LogP contribution in [0.25, 0.3) is 0 Å². The summed E-state index contributed by atoms with van der Waals surface area (Å²) in [5.41, 5.74) is 7.39. The van der Waals surface area contributed by atoms with Crippen molar-refractivity contribution >= 4 is 15.5 Å². The zero-order valence-electron chi connectivity index (χ0n) is 8.76. The summed E-state index contributed by atoms with van der Waals surface area (Å²) in [4.78, 5) is 0. The standard InChI is InChI=1S/C11H14N2O2S/c12-10-3-1-9(2-4-10)7-13-11-5-6-16(14,15)8-11/h1-6,11,13H,7-8,12H2/t11-/m1/s1. The normalized spacial score (nSPS) is 22.4. The van der Waals surface area contributed by atoms with Crippen LogP contribution in [0.4, 0.5) is 5.69 Å². The van der Waals surface area contributed by atoms with E-state index in [0.29, 0.717) is 6.54 Å². The Morgan fingerprint density at radius 3 is 2.56 bits per heavy atom. The molecule has 0 aromatic heterocycles. The molecule has 0 aliphatic carbocycles. The van der Waals surface area contributed by atoms with E-state index in [-0.39, 0.29) is 11.8 Å². The SMILES string of the molecule is Nc1ccc(CN[C@@H]2C=CS(=O)(=O)C2)cc1. The van der Waals surface area contributed by atoms with Gasteiger partial charge in [0.1, 0.15) is 0 Å². The molecule has 3 N–H and O–H groups in total. The molecular weight excluding hydrogens is 224 g/mol. The van der Waals surface area contributed by atoms with Gasteiger partial charge in [0.05, 0.1) is 5.75 Å². The van der Waals surface area contributed by atoms with E-state index in [0.717, 1.165) is 11.3 Å². The van der Waals surface area contributed by atoms with Gasteiger partial charge in [-0.15, -0.1) is 0 Å². The molecule has 2 rings (SSSR count). The van der Waals surface area contributed by atoms with Crippen LogP contribution in [0.15, 0.2) is 35.7 Å². The third-order valence-electron chi connectivity index (χ3n) is 2.48. The molecule has 86 valence electrons. The molecule has 0 spiro atoms. The second kappa shape index (κ2) is 4.27. The number of sulfone groups is 1. The summed E-state index contributed by atoms with van der Waals surface area (Å²) in [6.07, 6.45) is 1.69. The van der Waals surface area contributed by atoms with Crippen molar-refractivity contribution in [3.63, 3.8) is 0 Å². The van der Waals surface area contributed by atoms with Crippen LogP contribution in [0, 0.1) is 0 Å². The maximum absolute atomic E-state index is 11.2. The highest BCUT2D eigenvalue weighted by molar-refractivity contribution is 7.94. The minimum absolute atomic E-state index is 0.0810. The maximum Gasteiger partial charge on any atom is 0.173 e. The van der Waals surface area contributed by atoms with Gasteiger partial charge in [-0.1, -0.05) is 18.2 Å². The van der Waals surface area contributed by atoms with Crippen LogP contribution < -0.4 is 11.1 Å². The van der Waals surface area contributed by atoms with E-state index < -0.39 is 9.84 Å². The first-order chi connectivity index (χ1) is 7.55. The van der Waals surface area contributed by atoms with E-state index in [9.17, 15) is 8.42 Å². The van der Waals surface area contributed by atoms with Crippen LogP contribution in [0.3, 0.4) is 0 Å². The molecule has 16 heavy (non-hydrogen) atoms. The second-order valence-corrected chi connectivity index (χ2v) is 5.82. The predicted octanol–water partition coefficient (Wildman–Crippen LogP) is 0.669. The lowest BCUT2D eigenvalue weighted by molar-refractivity contribution is 0.590. The van der Waals surface area contributed by atoms with Gasteiger partial charge in [-0.3, -0.25) is 0 Å². The van der Waals surface area contributed by atoms with Crippen LogP contribution in [0.1, 0.15) is 5.56 Å². The molecule has 0 bridgehead atoms. The molecule has 4 nitrogen and oxygen atoms in total. The van der Waals surface area contributed by atoms with E-state index >= 15 is 0 Å². The second-order valence-electron chi connectivity index (χ2n) is 3.89. The fourth-order valence-electron chi connectivity index (χ4n) is 1.59. The van der Waals surface area contributed by atoms with Gasteiger partial charge in [0.25, 0.3) is 0 Å². The van der Waals surface area contributed by atoms with Gasteiger partial charge in [0, 0.05) is 23.7 Å². The van der Waals surface area contributed by atoms with Gasteiger partial charge in [0.15, 0.2) is 9.84 Å². The minimum atomic E-state index is -2.97. The lowest BCUT2D eigenvalue weighted by Gasteiger charge is -2.09. The smallest absolute Gasteiger partial charge is 0.173 e. The van der Waals surface area contributed by atoms with Crippen molar-refractivity contribution < 1.29 is 8.42 Å². The summed E-state index contributed by atoms with van der Waals surface area (Å²) in [5, 5.41) is 4.44. The third kappa shape index (κ3) is 2.84. The summed E-state index contributed by atoms with van der Waals surface area (Å²) < 4.78 is 22.3. The van der Waals surface area contributed by atoms with Crippen molar-refractivity contribution in [2.75, 3.05) is 11.5 Å². The fraction of sp³-hybridized carbons (Fsp3) is 0.273. The number of rotatable bonds is 3. The first-order valence-electron chi connectivity index (χ1n) is 5.04. The highest BCUT2D eigenvalue weighted by Crippen LogP contribution is 2.10. The number of nitrogens with two attached hydrogens (primary N) is 1. The largest absolute Gasteiger partial charge is 0.399 e. The van der Waals surface area contributed by atoms with Crippen LogP contribution in [0.5, 0.6) is 0 Å². The molecule has 0 radical (unpaired) electrons. The Morgan fingerprint density at radius 1 is 1.31 bits per heavy atom. The molecule has 0 saturated carbocycles. The summed E-state index contributed by atoms with van der Waals surface area (Å²) in [7, 11) is -2.97. The van der Waals surface area contributed by atoms with Gasteiger partial charge in [-0.2, -0.15) is 0 Å². The van der Waals surface area contributed by atoms with E-state index in [2.05, 4.69) is 5.32 Å². The molecule has 1 aromatic rings. The summed E-state index contributed by atoms with van der Waals surface area (Å²) in [5.74, 6) is 0.155. The highest BCUT2D eigenvalue weighted by atomic mass is 32.2. The molecule has 1 atom stereocenters. The Morgan fingerprint density at radius 2 is 2.00 bits per heavy atom. The van der Waals surface area contributed by atoms with Crippen LogP contribution >= 0.6 is 0 Å². The Hall–Kier alpha value is -1.33. The molecule has 5 heteroatoms. The van der Waals surface area contributed by atoms with Gasteiger partial charge in [0.2, 0.25) is 0 Å². The third-order valence-corrected chi connectivity index (χ3v) is 3.87. The lowest BCUT2D eigenvalue weighted by atomic mass is 10.2. The zero-order valence-corrected chi connectivity index (χ0v) is 9.57. The molecule has 1 aromatic carbocycles. The number of anilines is 1. The Labute approximate surface area is 95.1 Å².